The normalized spacial score (nSPS) is 10.2. The molecule has 1 aromatic heterocycles. The maximum atomic E-state index is 8.75. The molecule has 0 aliphatic heterocycles. The first-order valence-electron chi connectivity index (χ1n) is 5.31. The summed E-state index contributed by atoms with van der Waals surface area (Å²) in [6, 6.07) is 10.0. The van der Waals surface area contributed by atoms with E-state index in [0.29, 0.717) is 5.15 Å². The monoisotopic (exact) mass is 245 g/mol. The number of nitrogens with zero attached hydrogens (tertiary/aromatic N) is 3. The molecule has 3 nitrogen and oxygen atoms in total. The minimum atomic E-state index is 0.288. The molecule has 0 atom stereocenters. The highest BCUT2D eigenvalue weighted by molar-refractivity contribution is 6.30. The summed E-state index contributed by atoms with van der Waals surface area (Å²) in [5, 5.41) is 13.6. The van der Waals surface area contributed by atoms with Crippen LogP contribution >= 0.6 is 11.6 Å². The summed E-state index contributed by atoms with van der Waals surface area (Å²) in [7, 11) is 0. The SMILES string of the molecule is Cc1cccc(-n2nc(C)c(CC#N)c2Cl)c1. The Morgan fingerprint density at radius 1 is 1.41 bits per heavy atom. The van der Waals surface area contributed by atoms with E-state index in [-0.39, 0.29) is 6.42 Å². The Bertz CT molecular complexity index is 593. The van der Waals surface area contributed by atoms with Crippen molar-refractivity contribution in [3.8, 4) is 11.8 Å². The number of hydrogen-bond donors (Lipinski definition) is 0. The molecule has 1 heterocycles. The van der Waals surface area contributed by atoms with Gasteiger partial charge in [0, 0.05) is 5.56 Å². The third-order valence-electron chi connectivity index (χ3n) is 2.62. The Labute approximate surface area is 105 Å². The lowest BCUT2D eigenvalue weighted by Gasteiger charge is -2.04. The second-order valence-corrected chi connectivity index (χ2v) is 4.30. The molecule has 1 aromatic carbocycles. The summed E-state index contributed by atoms with van der Waals surface area (Å²) in [6.07, 6.45) is 0.288. The highest BCUT2D eigenvalue weighted by Gasteiger charge is 2.13. The van der Waals surface area contributed by atoms with E-state index in [1.165, 1.54) is 0 Å². The van der Waals surface area contributed by atoms with Crippen LogP contribution in [0.25, 0.3) is 5.69 Å². The van der Waals surface area contributed by atoms with Crippen LogP contribution in [0.5, 0.6) is 0 Å². The van der Waals surface area contributed by atoms with E-state index in [2.05, 4.69) is 11.2 Å². The fraction of sp³-hybridized carbons (Fsp3) is 0.231. The molecule has 86 valence electrons. The molecule has 0 bridgehead atoms. The largest absolute Gasteiger partial charge is 0.222 e. The van der Waals surface area contributed by atoms with Crippen LogP contribution in [-0.4, -0.2) is 9.78 Å². The first kappa shape index (κ1) is 11.7. The molecule has 0 unspecified atom stereocenters. The molecule has 0 saturated carbocycles. The maximum absolute atomic E-state index is 8.75. The van der Waals surface area contributed by atoms with E-state index < -0.39 is 0 Å². The molecule has 0 fully saturated rings. The van der Waals surface area contributed by atoms with Crippen molar-refractivity contribution in [1.29, 1.82) is 5.26 Å². The minimum Gasteiger partial charge on any atom is -0.222 e. The molecule has 2 rings (SSSR count). The molecule has 0 spiro atoms. The van der Waals surface area contributed by atoms with Gasteiger partial charge in [0.25, 0.3) is 0 Å². The van der Waals surface area contributed by atoms with Crippen LogP contribution in [0, 0.1) is 25.2 Å². The van der Waals surface area contributed by atoms with Crippen LogP contribution < -0.4 is 0 Å². The average Bonchev–Trinajstić information content (AvgIpc) is 2.57. The van der Waals surface area contributed by atoms with Gasteiger partial charge >= 0.3 is 0 Å². The summed E-state index contributed by atoms with van der Waals surface area (Å²) >= 11 is 6.24. The number of aromatic nitrogens is 2. The van der Waals surface area contributed by atoms with Gasteiger partial charge in [0.15, 0.2) is 0 Å². The van der Waals surface area contributed by atoms with Crippen molar-refractivity contribution in [1.82, 2.24) is 9.78 Å². The highest BCUT2D eigenvalue weighted by Crippen LogP contribution is 2.24. The zero-order valence-corrected chi connectivity index (χ0v) is 10.5. The van der Waals surface area contributed by atoms with E-state index in [4.69, 9.17) is 16.9 Å². The van der Waals surface area contributed by atoms with Crippen molar-refractivity contribution in [2.24, 2.45) is 0 Å². The molecule has 0 radical (unpaired) electrons. The van der Waals surface area contributed by atoms with Gasteiger partial charge in [-0.1, -0.05) is 23.7 Å². The molecule has 0 aliphatic rings. The fourth-order valence-corrected chi connectivity index (χ4v) is 2.08. The number of nitriles is 1. The van der Waals surface area contributed by atoms with E-state index in [9.17, 15) is 0 Å². The second kappa shape index (κ2) is 4.60. The minimum absolute atomic E-state index is 0.288. The summed E-state index contributed by atoms with van der Waals surface area (Å²) in [6.45, 7) is 3.88. The first-order chi connectivity index (χ1) is 8.13. The van der Waals surface area contributed by atoms with Crippen molar-refractivity contribution >= 4 is 11.6 Å². The standard InChI is InChI=1S/C13H12ClN3/c1-9-4-3-5-11(8-9)17-13(14)12(6-7-15)10(2)16-17/h3-5,8H,6H2,1-2H3. The Kier molecular flexibility index (Phi) is 3.16. The lowest BCUT2D eigenvalue weighted by Crippen LogP contribution is -1.97. The van der Waals surface area contributed by atoms with Crippen LogP contribution in [-0.2, 0) is 6.42 Å². The maximum Gasteiger partial charge on any atom is 0.137 e. The van der Waals surface area contributed by atoms with Crippen LogP contribution in [0.15, 0.2) is 24.3 Å². The van der Waals surface area contributed by atoms with Crippen molar-refractivity contribution < 1.29 is 0 Å². The highest BCUT2D eigenvalue weighted by atomic mass is 35.5. The smallest absolute Gasteiger partial charge is 0.137 e. The first-order valence-corrected chi connectivity index (χ1v) is 5.69. The van der Waals surface area contributed by atoms with Crippen LogP contribution in [0.3, 0.4) is 0 Å². The molecule has 0 saturated heterocycles. The van der Waals surface area contributed by atoms with E-state index in [1.54, 1.807) is 4.68 Å². The third kappa shape index (κ3) is 2.17. The zero-order valence-electron chi connectivity index (χ0n) is 9.74. The summed E-state index contributed by atoms with van der Waals surface area (Å²) in [4.78, 5) is 0. The van der Waals surface area contributed by atoms with Gasteiger partial charge in [0.1, 0.15) is 5.15 Å². The van der Waals surface area contributed by atoms with Gasteiger partial charge < -0.3 is 0 Å². The van der Waals surface area contributed by atoms with Crippen LogP contribution in [0.1, 0.15) is 16.8 Å². The van der Waals surface area contributed by atoms with Crippen molar-refractivity contribution in [2.75, 3.05) is 0 Å². The molecule has 0 amide bonds. The van der Waals surface area contributed by atoms with Gasteiger partial charge in [-0.15, -0.1) is 0 Å². The lowest BCUT2D eigenvalue weighted by molar-refractivity contribution is 0.862. The summed E-state index contributed by atoms with van der Waals surface area (Å²) < 4.78 is 1.68. The Morgan fingerprint density at radius 3 is 2.82 bits per heavy atom. The summed E-state index contributed by atoms with van der Waals surface area (Å²) in [5.74, 6) is 0. The predicted octanol–water partition coefficient (Wildman–Crippen LogP) is 3.21. The second-order valence-electron chi connectivity index (χ2n) is 3.94. The number of hydrogen-bond acceptors (Lipinski definition) is 2. The number of rotatable bonds is 2. The number of halogens is 1. The van der Waals surface area contributed by atoms with Gasteiger partial charge in [-0.3, -0.25) is 0 Å². The van der Waals surface area contributed by atoms with Gasteiger partial charge in [0.2, 0.25) is 0 Å². The van der Waals surface area contributed by atoms with Crippen molar-refractivity contribution in [2.45, 2.75) is 20.3 Å². The Balaban J connectivity index is 2.54. The van der Waals surface area contributed by atoms with Crippen LogP contribution in [0.2, 0.25) is 5.15 Å². The topological polar surface area (TPSA) is 41.6 Å². The molecule has 0 aliphatic carbocycles. The van der Waals surface area contributed by atoms with E-state index in [0.717, 1.165) is 22.5 Å². The predicted molar refractivity (Wildman–Crippen MR) is 67.4 cm³/mol. The van der Waals surface area contributed by atoms with Crippen molar-refractivity contribution in [3.05, 3.63) is 46.2 Å². The zero-order chi connectivity index (χ0) is 12.4. The lowest BCUT2D eigenvalue weighted by atomic mass is 10.2. The molecule has 4 heteroatoms. The van der Waals surface area contributed by atoms with Gasteiger partial charge in [-0.2, -0.15) is 10.4 Å². The third-order valence-corrected chi connectivity index (χ3v) is 3.01. The molecular formula is C13H12ClN3. The summed E-state index contributed by atoms with van der Waals surface area (Å²) in [5.41, 5.74) is 3.67. The van der Waals surface area contributed by atoms with Gasteiger partial charge in [-0.05, 0) is 31.5 Å². The number of aryl methyl sites for hydroxylation is 2. The molecule has 17 heavy (non-hydrogen) atoms. The average molecular weight is 246 g/mol. The Hall–Kier alpha value is -1.79. The van der Waals surface area contributed by atoms with Gasteiger partial charge in [-0.25, -0.2) is 4.68 Å². The van der Waals surface area contributed by atoms with Crippen LogP contribution in [0.4, 0.5) is 0 Å². The fourth-order valence-electron chi connectivity index (χ4n) is 1.74. The van der Waals surface area contributed by atoms with E-state index in [1.807, 2.05) is 38.1 Å². The Morgan fingerprint density at radius 2 is 2.18 bits per heavy atom. The van der Waals surface area contributed by atoms with Crippen molar-refractivity contribution in [3.63, 3.8) is 0 Å². The quantitative estimate of drug-likeness (QED) is 0.815. The number of benzene rings is 1. The molecule has 2 aromatic rings. The molecular weight excluding hydrogens is 234 g/mol. The van der Waals surface area contributed by atoms with E-state index >= 15 is 0 Å². The molecule has 0 N–H and O–H groups in total. The van der Waals surface area contributed by atoms with Gasteiger partial charge in [0.05, 0.1) is 23.9 Å².